The van der Waals surface area contributed by atoms with Gasteiger partial charge in [-0.25, -0.2) is 8.78 Å². The Morgan fingerprint density at radius 1 is 1.21 bits per heavy atom. The largest absolute Gasteiger partial charge is 0.308 e. The lowest BCUT2D eigenvalue weighted by Gasteiger charge is -2.27. The summed E-state index contributed by atoms with van der Waals surface area (Å²) in [7, 11) is 0. The fourth-order valence-corrected chi connectivity index (χ4v) is 1.72. The maximum Gasteiger partial charge on any atom is 0.253 e. The number of nitrogens with one attached hydrogen (secondary N) is 1. The van der Waals surface area contributed by atoms with Crippen molar-refractivity contribution < 1.29 is 8.78 Å². The van der Waals surface area contributed by atoms with Gasteiger partial charge >= 0.3 is 0 Å². The molecular formula is C10H20F2N2. The van der Waals surface area contributed by atoms with Gasteiger partial charge in [0, 0.05) is 13.1 Å². The van der Waals surface area contributed by atoms with Crippen molar-refractivity contribution in [3.8, 4) is 0 Å². The summed E-state index contributed by atoms with van der Waals surface area (Å²) in [6.07, 6.45) is 1.57. The van der Waals surface area contributed by atoms with Crippen LogP contribution >= 0.6 is 0 Å². The normalized spacial score (nSPS) is 21.4. The predicted octanol–water partition coefficient (Wildman–Crippen LogP) is 1.72. The van der Waals surface area contributed by atoms with Crippen molar-refractivity contribution in [2.75, 3.05) is 26.2 Å². The third-order valence-corrected chi connectivity index (χ3v) is 2.72. The first kappa shape index (κ1) is 11.9. The van der Waals surface area contributed by atoms with Crippen LogP contribution in [0.15, 0.2) is 0 Å². The minimum atomic E-state index is -2.25. The zero-order valence-corrected chi connectivity index (χ0v) is 8.81. The Morgan fingerprint density at radius 2 is 1.86 bits per heavy atom. The highest BCUT2D eigenvalue weighted by atomic mass is 19.3. The van der Waals surface area contributed by atoms with Crippen molar-refractivity contribution in [2.24, 2.45) is 0 Å². The Hall–Kier alpha value is -0.220. The van der Waals surface area contributed by atoms with Crippen LogP contribution in [0.1, 0.15) is 26.2 Å². The van der Waals surface area contributed by atoms with Crippen LogP contribution < -0.4 is 5.32 Å². The molecule has 0 radical (unpaired) electrons. The van der Waals surface area contributed by atoms with Crippen LogP contribution in [0.5, 0.6) is 0 Å². The fourth-order valence-electron chi connectivity index (χ4n) is 1.72. The van der Waals surface area contributed by atoms with Gasteiger partial charge < -0.3 is 10.2 Å². The van der Waals surface area contributed by atoms with Gasteiger partial charge in [0.2, 0.25) is 0 Å². The van der Waals surface area contributed by atoms with E-state index in [4.69, 9.17) is 0 Å². The van der Waals surface area contributed by atoms with E-state index in [9.17, 15) is 8.78 Å². The molecule has 1 aliphatic heterocycles. The van der Waals surface area contributed by atoms with Crippen molar-refractivity contribution in [1.82, 2.24) is 10.2 Å². The smallest absolute Gasteiger partial charge is 0.253 e. The van der Waals surface area contributed by atoms with Gasteiger partial charge in [-0.3, -0.25) is 0 Å². The topological polar surface area (TPSA) is 15.3 Å². The van der Waals surface area contributed by atoms with Gasteiger partial charge in [-0.05, 0) is 32.9 Å². The minimum absolute atomic E-state index is 0.672. The number of likely N-dealkylation sites (tertiary alicyclic amines) is 1. The Kier molecular flexibility index (Phi) is 5.33. The molecule has 0 amide bonds. The van der Waals surface area contributed by atoms with Crippen molar-refractivity contribution in [3.63, 3.8) is 0 Å². The molecule has 0 aromatic carbocycles. The third kappa shape index (κ3) is 4.33. The maximum atomic E-state index is 12.1. The van der Waals surface area contributed by atoms with Crippen LogP contribution in [-0.4, -0.2) is 43.5 Å². The molecule has 1 heterocycles. The zero-order chi connectivity index (χ0) is 10.4. The highest BCUT2D eigenvalue weighted by Gasteiger charge is 2.14. The summed E-state index contributed by atoms with van der Waals surface area (Å²) < 4.78 is 24.2. The van der Waals surface area contributed by atoms with Crippen LogP contribution in [0, 0.1) is 0 Å². The van der Waals surface area contributed by atoms with Crippen LogP contribution in [0.4, 0.5) is 8.78 Å². The average molecular weight is 206 g/mol. The molecule has 14 heavy (non-hydrogen) atoms. The molecule has 1 saturated heterocycles. The van der Waals surface area contributed by atoms with Gasteiger partial charge in [0.05, 0.1) is 6.04 Å². The van der Waals surface area contributed by atoms with Crippen molar-refractivity contribution in [3.05, 3.63) is 0 Å². The van der Waals surface area contributed by atoms with E-state index in [1.807, 2.05) is 0 Å². The van der Waals surface area contributed by atoms with E-state index < -0.39 is 12.5 Å². The van der Waals surface area contributed by atoms with Crippen LogP contribution in [0.25, 0.3) is 0 Å². The molecule has 1 N–H and O–H groups in total. The molecule has 84 valence electrons. The summed E-state index contributed by atoms with van der Waals surface area (Å²) in [4.78, 5) is 2.34. The highest BCUT2D eigenvalue weighted by molar-refractivity contribution is 4.68. The van der Waals surface area contributed by atoms with E-state index in [-0.39, 0.29) is 0 Å². The Bertz CT molecular complexity index is 147. The number of hydrogen-bond donors (Lipinski definition) is 1. The first-order valence-electron chi connectivity index (χ1n) is 5.44. The third-order valence-electron chi connectivity index (χ3n) is 2.72. The number of alkyl halides is 2. The molecule has 0 bridgehead atoms. The number of piperidine rings is 1. The standard InChI is InChI=1S/C10H20F2N2/c1-9(10(11)12)13-5-8-14-6-3-2-4-7-14/h9-10,13H,2-8H2,1H3. The first-order valence-corrected chi connectivity index (χ1v) is 5.44. The van der Waals surface area contributed by atoms with Crippen molar-refractivity contribution in [1.29, 1.82) is 0 Å². The van der Waals surface area contributed by atoms with E-state index in [1.54, 1.807) is 0 Å². The van der Waals surface area contributed by atoms with Crippen molar-refractivity contribution in [2.45, 2.75) is 38.7 Å². The lowest BCUT2D eigenvalue weighted by atomic mass is 10.1. The van der Waals surface area contributed by atoms with E-state index in [0.717, 1.165) is 19.6 Å². The molecule has 1 rings (SSSR count). The molecule has 0 aromatic rings. The van der Waals surface area contributed by atoms with Crippen LogP contribution in [0.3, 0.4) is 0 Å². The molecule has 1 atom stereocenters. The highest BCUT2D eigenvalue weighted by Crippen LogP contribution is 2.07. The minimum Gasteiger partial charge on any atom is -0.308 e. The molecule has 0 aromatic heterocycles. The summed E-state index contributed by atoms with van der Waals surface area (Å²) in [6, 6.07) is -0.681. The molecule has 0 saturated carbocycles. The SMILES string of the molecule is CC(NCCN1CCCCC1)C(F)F. The summed E-state index contributed by atoms with van der Waals surface area (Å²) in [6.45, 7) is 5.36. The molecule has 4 heteroatoms. The van der Waals surface area contributed by atoms with Crippen LogP contribution in [0.2, 0.25) is 0 Å². The lowest BCUT2D eigenvalue weighted by Crippen LogP contribution is -2.40. The fraction of sp³-hybridized carbons (Fsp3) is 1.00. The maximum absolute atomic E-state index is 12.1. The Morgan fingerprint density at radius 3 is 2.43 bits per heavy atom. The number of halogens is 2. The summed E-state index contributed by atoms with van der Waals surface area (Å²) in [5, 5.41) is 2.84. The Balaban J connectivity index is 2.02. The van der Waals surface area contributed by atoms with E-state index in [1.165, 1.54) is 26.2 Å². The molecule has 1 aliphatic rings. The van der Waals surface area contributed by atoms with Crippen LogP contribution in [-0.2, 0) is 0 Å². The molecule has 0 spiro atoms. The average Bonchev–Trinajstić information content (AvgIpc) is 2.19. The molecule has 1 fully saturated rings. The van der Waals surface area contributed by atoms with Gasteiger partial charge in [0.1, 0.15) is 0 Å². The van der Waals surface area contributed by atoms with Gasteiger partial charge in [-0.1, -0.05) is 6.42 Å². The lowest BCUT2D eigenvalue weighted by molar-refractivity contribution is 0.103. The molecule has 1 unspecified atom stereocenters. The number of hydrogen-bond acceptors (Lipinski definition) is 2. The van der Waals surface area contributed by atoms with Crippen molar-refractivity contribution >= 4 is 0 Å². The molecule has 2 nitrogen and oxygen atoms in total. The second-order valence-electron chi connectivity index (χ2n) is 3.98. The van der Waals surface area contributed by atoms with Gasteiger partial charge in [-0.15, -0.1) is 0 Å². The van der Waals surface area contributed by atoms with E-state index in [0.29, 0.717) is 6.54 Å². The quantitative estimate of drug-likeness (QED) is 0.736. The second kappa shape index (κ2) is 6.30. The number of nitrogens with zero attached hydrogens (tertiary/aromatic N) is 1. The van der Waals surface area contributed by atoms with Gasteiger partial charge in [-0.2, -0.15) is 0 Å². The summed E-state index contributed by atoms with van der Waals surface area (Å²) in [5.74, 6) is 0. The number of rotatable bonds is 5. The van der Waals surface area contributed by atoms with Gasteiger partial charge in [0.15, 0.2) is 0 Å². The van der Waals surface area contributed by atoms with Gasteiger partial charge in [0.25, 0.3) is 6.43 Å². The predicted molar refractivity (Wildman–Crippen MR) is 53.8 cm³/mol. The zero-order valence-electron chi connectivity index (χ0n) is 8.81. The molecule has 0 aliphatic carbocycles. The van der Waals surface area contributed by atoms with E-state index >= 15 is 0 Å². The molecular weight excluding hydrogens is 186 g/mol. The Labute approximate surface area is 84.7 Å². The monoisotopic (exact) mass is 206 g/mol. The summed E-state index contributed by atoms with van der Waals surface area (Å²) >= 11 is 0. The summed E-state index contributed by atoms with van der Waals surface area (Å²) in [5.41, 5.74) is 0. The second-order valence-corrected chi connectivity index (χ2v) is 3.98. The van der Waals surface area contributed by atoms with E-state index in [2.05, 4.69) is 10.2 Å². The first-order chi connectivity index (χ1) is 6.70.